The number of ether oxygens (including phenoxy) is 1. The average Bonchev–Trinajstić information content (AvgIpc) is 2.83. The van der Waals surface area contributed by atoms with E-state index in [1.54, 1.807) is 13.8 Å². The van der Waals surface area contributed by atoms with E-state index in [9.17, 15) is 4.79 Å². The summed E-state index contributed by atoms with van der Waals surface area (Å²) in [6.45, 7) is 5.64. The van der Waals surface area contributed by atoms with Gasteiger partial charge in [-0.15, -0.1) is 0 Å². The van der Waals surface area contributed by atoms with Crippen LogP contribution in [0.1, 0.15) is 31.7 Å². The second-order valence-corrected chi connectivity index (χ2v) is 5.51. The maximum Gasteiger partial charge on any atom is 0.268 e. The molecule has 0 aromatic heterocycles. The predicted molar refractivity (Wildman–Crippen MR) is 70.0 cm³/mol. The van der Waals surface area contributed by atoms with Gasteiger partial charge in [-0.2, -0.15) is 0 Å². The SMILES string of the molecule is CC1(C)Oc2ccc(C3CCNC3)cc2NC1=O. The molecular weight excluding hydrogens is 228 g/mol. The molecule has 18 heavy (non-hydrogen) atoms. The lowest BCUT2D eigenvalue weighted by Crippen LogP contribution is -2.45. The van der Waals surface area contributed by atoms with Gasteiger partial charge < -0.3 is 15.4 Å². The van der Waals surface area contributed by atoms with Crippen LogP contribution < -0.4 is 15.4 Å². The van der Waals surface area contributed by atoms with Gasteiger partial charge in [-0.05, 0) is 50.4 Å². The van der Waals surface area contributed by atoms with Crippen molar-refractivity contribution < 1.29 is 9.53 Å². The molecule has 2 heterocycles. The van der Waals surface area contributed by atoms with Crippen molar-refractivity contribution in [3.8, 4) is 5.75 Å². The van der Waals surface area contributed by atoms with E-state index in [0.717, 1.165) is 30.9 Å². The van der Waals surface area contributed by atoms with Gasteiger partial charge in [-0.3, -0.25) is 4.79 Å². The van der Waals surface area contributed by atoms with Crippen LogP contribution in [0, 0.1) is 0 Å². The molecule has 0 saturated carbocycles. The van der Waals surface area contributed by atoms with Crippen LogP contribution in [0.5, 0.6) is 5.75 Å². The number of hydrogen-bond acceptors (Lipinski definition) is 3. The van der Waals surface area contributed by atoms with Crippen LogP contribution in [0.25, 0.3) is 0 Å². The van der Waals surface area contributed by atoms with Gasteiger partial charge in [0.1, 0.15) is 5.75 Å². The fourth-order valence-electron chi connectivity index (χ4n) is 2.52. The topological polar surface area (TPSA) is 50.4 Å². The minimum atomic E-state index is -0.788. The lowest BCUT2D eigenvalue weighted by Gasteiger charge is -2.32. The molecule has 0 spiro atoms. The van der Waals surface area contributed by atoms with Gasteiger partial charge >= 0.3 is 0 Å². The first-order chi connectivity index (χ1) is 8.56. The van der Waals surface area contributed by atoms with E-state index in [4.69, 9.17) is 4.74 Å². The van der Waals surface area contributed by atoms with Gasteiger partial charge in [-0.25, -0.2) is 0 Å². The summed E-state index contributed by atoms with van der Waals surface area (Å²) < 4.78 is 5.72. The number of anilines is 1. The Balaban J connectivity index is 1.92. The van der Waals surface area contributed by atoms with E-state index in [-0.39, 0.29) is 5.91 Å². The number of carbonyl (C=O) groups excluding carboxylic acids is 1. The molecule has 1 aromatic carbocycles. The van der Waals surface area contributed by atoms with E-state index >= 15 is 0 Å². The highest BCUT2D eigenvalue weighted by Gasteiger charge is 2.35. The predicted octanol–water partition coefficient (Wildman–Crippen LogP) is 1.87. The molecule has 1 aromatic rings. The summed E-state index contributed by atoms with van der Waals surface area (Å²) in [6.07, 6.45) is 1.15. The largest absolute Gasteiger partial charge is 0.476 e. The van der Waals surface area contributed by atoms with Crippen molar-refractivity contribution in [3.05, 3.63) is 23.8 Å². The highest BCUT2D eigenvalue weighted by atomic mass is 16.5. The normalized spacial score (nSPS) is 25.2. The average molecular weight is 246 g/mol. The summed E-state index contributed by atoms with van der Waals surface area (Å²) in [6, 6.07) is 6.11. The van der Waals surface area contributed by atoms with Crippen LogP contribution in [-0.2, 0) is 4.79 Å². The first-order valence-corrected chi connectivity index (χ1v) is 6.41. The zero-order chi connectivity index (χ0) is 12.8. The molecule has 2 aliphatic heterocycles. The molecule has 1 amide bonds. The van der Waals surface area contributed by atoms with Gasteiger partial charge in [0.25, 0.3) is 5.91 Å². The molecule has 4 nitrogen and oxygen atoms in total. The zero-order valence-electron chi connectivity index (χ0n) is 10.7. The minimum absolute atomic E-state index is 0.0864. The van der Waals surface area contributed by atoms with E-state index in [1.165, 1.54) is 5.56 Å². The summed E-state index contributed by atoms with van der Waals surface area (Å²) in [4.78, 5) is 11.9. The second-order valence-electron chi connectivity index (χ2n) is 5.51. The van der Waals surface area contributed by atoms with Gasteiger partial charge in [0.15, 0.2) is 5.60 Å². The number of nitrogens with one attached hydrogen (secondary N) is 2. The Labute approximate surface area is 107 Å². The Morgan fingerprint density at radius 2 is 2.22 bits per heavy atom. The first-order valence-electron chi connectivity index (χ1n) is 6.41. The number of amides is 1. The van der Waals surface area contributed by atoms with Gasteiger partial charge in [0.2, 0.25) is 0 Å². The van der Waals surface area contributed by atoms with Crippen LogP contribution in [-0.4, -0.2) is 24.6 Å². The molecule has 0 radical (unpaired) electrons. The molecule has 2 N–H and O–H groups in total. The lowest BCUT2D eigenvalue weighted by molar-refractivity contribution is -0.129. The molecule has 96 valence electrons. The Morgan fingerprint density at radius 1 is 1.39 bits per heavy atom. The van der Waals surface area contributed by atoms with E-state index in [2.05, 4.69) is 16.7 Å². The quantitative estimate of drug-likeness (QED) is 0.795. The molecule has 3 rings (SSSR count). The Bertz CT molecular complexity index is 491. The number of carbonyl (C=O) groups is 1. The maximum atomic E-state index is 11.9. The molecular formula is C14H18N2O2. The van der Waals surface area contributed by atoms with Crippen molar-refractivity contribution in [2.24, 2.45) is 0 Å². The van der Waals surface area contributed by atoms with Crippen molar-refractivity contribution in [2.45, 2.75) is 31.8 Å². The fraction of sp³-hybridized carbons (Fsp3) is 0.500. The van der Waals surface area contributed by atoms with Crippen molar-refractivity contribution in [1.29, 1.82) is 0 Å². The van der Waals surface area contributed by atoms with Crippen molar-refractivity contribution in [2.75, 3.05) is 18.4 Å². The minimum Gasteiger partial charge on any atom is -0.476 e. The van der Waals surface area contributed by atoms with E-state index in [1.807, 2.05) is 12.1 Å². The van der Waals surface area contributed by atoms with Crippen molar-refractivity contribution in [1.82, 2.24) is 5.32 Å². The summed E-state index contributed by atoms with van der Waals surface area (Å²) in [5, 5.41) is 6.28. The molecule has 2 aliphatic rings. The fourth-order valence-corrected chi connectivity index (χ4v) is 2.52. The van der Waals surface area contributed by atoms with Gasteiger partial charge in [-0.1, -0.05) is 6.07 Å². The van der Waals surface area contributed by atoms with Crippen LogP contribution in [0.15, 0.2) is 18.2 Å². The molecule has 1 fully saturated rings. The van der Waals surface area contributed by atoms with Crippen LogP contribution in [0.4, 0.5) is 5.69 Å². The van der Waals surface area contributed by atoms with Crippen LogP contribution in [0.3, 0.4) is 0 Å². The van der Waals surface area contributed by atoms with Gasteiger partial charge in [0.05, 0.1) is 5.69 Å². The first kappa shape index (κ1) is 11.5. The molecule has 0 bridgehead atoms. The Morgan fingerprint density at radius 3 is 2.94 bits per heavy atom. The maximum absolute atomic E-state index is 11.9. The highest BCUT2D eigenvalue weighted by molar-refractivity contribution is 6.00. The van der Waals surface area contributed by atoms with Crippen LogP contribution >= 0.6 is 0 Å². The number of fused-ring (bicyclic) bond motifs is 1. The number of hydrogen-bond donors (Lipinski definition) is 2. The third-order valence-corrected chi connectivity index (χ3v) is 3.70. The third-order valence-electron chi connectivity index (χ3n) is 3.70. The summed E-state index contributed by atoms with van der Waals surface area (Å²) >= 11 is 0. The summed E-state index contributed by atoms with van der Waals surface area (Å²) in [5.41, 5.74) is 1.27. The monoisotopic (exact) mass is 246 g/mol. The highest BCUT2D eigenvalue weighted by Crippen LogP contribution is 2.36. The van der Waals surface area contributed by atoms with Gasteiger partial charge in [0, 0.05) is 6.54 Å². The molecule has 1 unspecified atom stereocenters. The van der Waals surface area contributed by atoms with Crippen molar-refractivity contribution in [3.63, 3.8) is 0 Å². The Kier molecular flexibility index (Phi) is 2.55. The standard InChI is InChI=1S/C14H18N2O2/c1-14(2)13(17)16-11-7-9(3-4-12(11)18-14)10-5-6-15-8-10/h3-4,7,10,15H,5-6,8H2,1-2H3,(H,16,17). The molecule has 1 atom stereocenters. The van der Waals surface area contributed by atoms with Crippen LogP contribution in [0.2, 0.25) is 0 Å². The van der Waals surface area contributed by atoms with E-state index in [0.29, 0.717) is 5.92 Å². The molecule has 1 saturated heterocycles. The zero-order valence-corrected chi connectivity index (χ0v) is 10.7. The lowest BCUT2D eigenvalue weighted by atomic mass is 9.96. The Hall–Kier alpha value is -1.55. The second kappa shape index (κ2) is 3.99. The number of rotatable bonds is 1. The molecule has 4 heteroatoms. The molecule has 0 aliphatic carbocycles. The third kappa shape index (κ3) is 1.86. The summed E-state index contributed by atoms with van der Waals surface area (Å²) in [7, 11) is 0. The van der Waals surface area contributed by atoms with Crippen molar-refractivity contribution >= 4 is 11.6 Å². The van der Waals surface area contributed by atoms with E-state index < -0.39 is 5.60 Å². The number of benzene rings is 1. The smallest absolute Gasteiger partial charge is 0.268 e. The summed E-state index contributed by atoms with van der Waals surface area (Å²) in [5.74, 6) is 1.22.